The summed E-state index contributed by atoms with van der Waals surface area (Å²) in [6.07, 6.45) is 0. The van der Waals surface area contributed by atoms with Gasteiger partial charge in [0.2, 0.25) is 0 Å². The predicted octanol–water partition coefficient (Wildman–Crippen LogP) is 4.67. The summed E-state index contributed by atoms with van der Waals surface area (Å²) in [7, 11) is 0. The zero-order valence-electron chi connectivity index (χ0n) is 14.6. The Morgan fingerprint density at radius 1 is 1.30 bits per heavy atom. The van der Waals surface area contributed by atoms with Crippen molar-refractivity contribution >= 4 is 28.4 Å². The van der Waals surface area contributed by atoms with Crippen LogP contribution < -0.4 is 5.43 Å². The van der Waals surface area contributed by atoms with Gasteiger partial charge in [-0.2, -0.15) is 10.4 Å². The van der Waals surface area contributed by atoms with Gasteiger partial charge in [-0.25, -0.2) is 4.98 Å². The molecule has 7 nitrogen and oxygen atoms in total. The van der Waals surface area contributed by atoms with E-state index >= 15 is 0 Å². The Balaban J connectivity index is 1.86. The van der Waals surface area contributed by atoms with Gasteiger partial charge in [-0.15, -0.1) is 11.3 Å². The van der Waals surface area contributed by atoms with Gasteiger partial charge in [-0.1, -0.05) is 29.8 Å². The quantitative estimate of drug-likeness (QED) is 0.395. The highest BCUT2D eigenvalue weighted by molar-refractivity contribution is 7.12. The molecule has 2 aromatic carbocycles. The van der Waals surface area contributed by atoms with Gasteiger partial charge >= 0.3 is 0 Å². The number of anilines is 1. The maximum atomic E-state index is 10.9. The van der Waals surface area contributed by atoms with Gasteiger partial charge in [-0.3, -0.25) is 15.5 Å². The second-order valence-corrected chi connectivity index (χ2v) is 6.71. The number of aromatic nitrogens is 1. The van der Waals surface area contributed by atoms with E-state index in [1.54, 1.807) is 17.5 Å². The molecule has 1 aromatic heterocycles. The highest BCUT2D eigenvalue weighted by Gasteiger charge is 2.13. The zero-order chi connectivity index (χ0) is 19.4. The van der Waals surface area contributed by atoms with Crippen LogP contribution in [0.25, 0.3) is 11.3 Å². The van der Waals surface area contributed by atoms with E-state index in [4.69, 9.17) is 0 Å². The average Bonchev–Trinajstić information content (AvgIpc) is 3.14. The van der Waals surface area contributed by atoms with E-state index in [0.717, 1.165) is 16.8 Å². The molecule has 0 radical (unpaired) electrons. The molecule has 0 bridgehead atoms. The van der Waals surface area contributed by atoms with E-state index in [1.807, 2.05) is 38.1 Å². The van der Waals surface area contributed by atoms with Crippen LogP contribution in [-0.4, -0.2) is 15.6 Å². The molecule has 1 heterocycles. The maximum Gasteiger partial charge on any atom is 0.270 e. The van der Waals surface area contributed by atoms with E-state index in [0.29, 0.717) is 16.3 Å². The van der Waals surface area contributed by atoms with Crippen molar-refractivity contribution in [2.75, 3.05) is 5.43 Å². The lowest BCUT2D eigenvalue weighted by atomic mass is 10.1. The number of nitro benzene ring substituents is 1. The Morgan fingerprint density at radius 3 is 2.81 bits per heavy atom. The lowest BCUT2D eigenvalue weighted by Gasteiger charge is -2.05. The summed E-state index contributed by atoms with van der Waals surface area (Å²) in [5.41, 5.74) is 7.20. The van der Waals surface area contributed by atoms with E-state index < -0.39 is 4.92 Å². The molecule has 0 unspecified atom stereocenters. The number of hydrogen-bond acceptors (Lipinski definition) is 7. The van der Waals surface area contributed by atoms with Gasteiger partial charge < -0.3 is 0 Å². The molecule has 1 N–H and O–H groups in total. The molecule has 0 spiro atoms. The highest BCUT2D eigenvalue weighted by Crippen LogP contribution is 2.26. The van der Waals surface area contributed by atoms with Crippen LogP contribution in [0, 0.1) is 35.3 Å². The molecule has 0 saturated carbocycles. The van der Waals surface area contributed by atoms with Crippen LogP contribution in [0.4, 0.5) is 11.4 Å². The van der Waals surface area contributed by atoms with Crippen molar-refractivity contribution in [1.82, 2.24) is 4.98 Å². The highest BCUT2D eigenvalue weighted by atomic mass is 32.1. The molecule has 0 fully saturated rings. The SMILES string of the molecule is Cc1ccc(N/N=C(/C#N)c2nc(-c3cccc([N+](=O)[O-])c3)cs2)c(C)c1. The van der Waals surface area contributed by atoms with Gasteiger partial charge in [0.15, 0.2) is 10.7 Å². The first-order valence-corrected chi connectivity index (χ1v) is 8.87. The molecule has 0 aliphatic heterocycles. The summed E-state index contributed by atoms with van der Waals surface area (Å²) >= 11 is 1.26. The summed E-state index contributed by atoms with van der Waals surface area (Å²) in [4.78, 5) is 14.9. The Hall–Kier alpha value is -3.57. The first-order chi connectivity index (χ1) is 13.0. The number of benzene rings is 2. The first-order valence-electron chi connectivity index (χ1n) is 7.99. The number of nitrogens with one attached hydrogen (secondary N) is 1. The summed E-state index contributed by atoms with van der Waals surface area (Å²) < 4.78 is 0. The van der Waals surface area contributed by atoms with Gasteiger partial charge in [0.05, 0.1) is 16.3 Å². The molecular weight excluding hydrogens is 362 g/mol. The summed E-state index contributed by atoms with van der Waals surface area (Å²) in [5.74, 6) is 0. The van der Waals surface area contributed by atoms with Crippen LogP contribution in [0.3, 0.4) is 0 Å². The number of hydrogen-bond donors (Lipinski definition) is 1. The third-order valence-corrected chi connectivity index (χ3v) is 4.68. The fourth-order valence-corrected chi connectivity index (χ4v) is 3.24. The number of nitro groups is 1. The average molecular weight is 377 g/mol. The Bertz CT molecular complexity index is 1080. The molecule has 0 aliphatic carbocycles. The largest absolute Gasteiger partial charge is 0.277 e. The van der Waals surface area contributed by atoms with Gasteiger partial charge in [0.25, 0.3) is 5.69 Å². The number of hydrazone groups is 1. The summed E-state index contributed by atoms with van der Waals surface area (Å²) in [6, 6.07) is 14.1. The first kappa shape index (κ1) is 18.2. The number of rotatable bonds is 5. The molecule has 0 atom stereocenters. The molecule has 0 aliphatic rings. The Labute approximate surface area is 159 Å². The van der Waals surface area contributed by atoms with Gasteiger partial charge in [0, 0.05) is 23.1 Å². The van der Waals surface area contributed by atoms with E-state index in [1.165, 1.54) is 23.5 Å². The number of nitriles is 1. The maximum absolute atomic E-state index is 10.9. The minimum atomic E-state index is -0.452. The van der Waals surface area contributed by atoms with E-state index in [2.05, 4.69) is 15.5 Å². The van der Waals surface area contributed by atoms with Crippen molar-refractivity contribution in [1.29, 1.82) is 5.26 Å². The molecule has 134 valence electrons. The molecule has 0 saturated heterocycles. The van der Waals surface area contributed by atoms with Crippen LogP contribution in [0.1, 0.15) is 16.1 Å². The third-order valence-electron chi connectivity index (χ3n) is 3.84. The predicted molar refractivity (Wildman–Crippen MR) is 106 cm³/mol. The van der Waals surface area contributed by atoms with Crippen molar-refractivity contribution in [2.24, 2.45) is 5.10 Å². The summed E-state index contributed by atoms with van der Waals surface area (Å²) in [5, 5.41) is 26.7. The lowest BCUT2D eigenvalue weighted by molar-refractivity contribution is -0.384. The number of nitrogens with zero attached hydrogens (tertiary/aromatic N) is 4. The normalized spacial score (nSPS) is 11.1. The van der Waals surface area contributed by atoms with Crippen LogP contribution in [0.2, 0.25) is 0 Å². The zero-order valence-corrected chi connectivity index (χ0v) is 15.4. The van der Waals surface area contributed by atoms with Crippen molar-refractivity contribution in [3.63, 3.8) is 0 Å². The Morgan fingerprint density at radius 2 is 2.11 bits per heavy atom. The molecule has 0 amide bonds. The fourth-order valence-electron chi connectivity index (χ4n) is 2.47. The smallest absolute Gasteiger partial charge is 0.270 e. The standard InChI is InChI=1S/C19H15N5O2S/c1-12-6-7-16(13(2)8-12)22-23-17(10-20)19-21-18(11-27-19)14-4-3-5-15(9-14)24(25)26/h3-9,11,22H,1-2H3/b23-17-. The van der Waals surface area contributed by atoms with Crippen molar-refractivity contribution in [3.8, 4) is 17.3 Å². The second-order valence-electron chi connectivity index (χ2n) is 5.85. The molecule has 3 aromatic rings. The van der Waals surface area contributed by atoms with Crippen LogP contribution in [-0.2, 0) is 0 Å². The lowest BCUT2D eigenvalue weighted by Crippen LogP contribution is -2.02. The van der Waals surface area contributed by atoms with Gasteiger partial charge in [-0.05, 0) is 25.5 Å². The second kappa shape index (κ2) is 7.76. The van der Waals surface area contributed by atoms with Crippen LogP contribution in [0.15, 0.2) is 52.9 Å². The molecule has 8 heteroatoms. The van der Waals surface area contributed by atoms with Gasteiger partial charge in [0.1, 0.15) is 6.07 Å². The number of aryl methyl sites for hydroxylation is 2. The fraction of sp³-hybridized carbons (Fsp3) is 0.105. The number of non-ortho nitro benzene ring substituents is 1. The molecule has 27 heavy (non-hydrogen) atoms. The summed E-state index contributed by atoms with van der Waals surface area (Å²) in [6.45, 7) is 3.96. The minimum Gasteiger partial charge on any atom is -0.277 e. The van der Waals surface area contributed by atoms with Crippen LogP contribution in [0.5, 0.6) is 0 Å². The minimum absolute atomic E-state index is 0.00673. The van der Waals surface area contributed by atoms with Crippen molar-refractivity contribution < 1.29 is 4.92 Å². The van der Waals surface area contributed by atoms with Crippen molar-refractivity contribution in [2.45, 2.75) is 13.8 Å². The Kier molecular flexibility index (Phi) is 5.24. The van der Waals surface area contributed by atoms with E-state index in [9.17, 15) is 15.4 Å². The van der Waals surface area contributed by atoms with E-state index in [-0.39, 0.29) is 11.4 Å². The number of thiazole rings is 1. The topological polar surface area (TPSA) is 104 Å². The molecular formula is C19H15N5O2S. The van der Waals surface area contributed by atoms with Crippen molar-refractivity contribution in [3.05, 3.63) is 74.1 Å². The molecule has 3 rings (SSSR count). The van der Waals surface area contributed by atoms with Crippen LogP contribution >= 0.6 is 11.3 Å². The third kappa shape index (κ3) is 4.16. The monoisotopic (exact) mass is 377 g/mol.